The molecule has 0 unspecified atom stereocenters. The number of rotatable bonds is 13. The van der Waals surface area contributed by atoms with E-state index in [-0.39, 0.29) is 23.4 Å². The fraction of sp³-hybridized carbons (Fsp3) is 0.333. The van der Waals surface area contributed by atoms with Crippen molar-refractivity contribution in [2.75, 3.05) is 17.4 Å². The van der Waals surface area contributed by atoms with Crippen LogP contribution in [0.5, 0.6) is 0 Å². The van der Waals surface area contributed by atoms with Crippen molar-refractivity contribution in [3.63, 3.8) is 0 Å². The molecule has 7 nitrogen and oxygen atoms in total. The zero-order valence-electron chi connectivity index (χ0n) is 22.6. The first-order chi connectivity index (χ1) is 18.7. The van der Waals surface area contributed by atoms with E-state index in [1.807, 2.05) is 51.1 Å². The highest BCUT2D eigenvalue weighted by atomic mass is 79.9. The van der Waals surface area contributed by atoms with Gasteiger partial charge in [-0.25, -0.2) is 8.42 Å². The van der Waals surface area contributed by atoms with Crippen molar-refractivity contribution in [3.8, 4) is 0 Å². The fourth-order valence-corrected chi connectivity index (χ4v) is 5.89. The summed E-state index contributed by atoms with van der Waals surface area (Å²) in [4.78, 5) is 28.9. The van der Waals surface area contributed by atoms with Crippen LogP contribution < -0.4 is 9.62 Å². The van der Waals surface area contributed by atoms with Crippen molar-refractivity contribution < 1.29 is 18.0 Å². The number of nitrogens with zero attached hydrogens (tertiary/aromatic N) is 2. The van der Waals surface area contributed by atoms with Gasteiger partial charge in [0, 0.05) is 17.1 Å². The molecule has 0 aromatic heterocycles. The molecule has 0 saturated heterocycles. The summed E-state index contributed by atoms with van der Waals surface area (Å²) in [5, 5.41) is 2.99. The van der Waals surface area contributed by atoms with Gasteiger partial charge in [0.25, 0.3) is 10.0 Å². The first-order valence-corrected chi connectivity index (χ1v) is 15.4. The molecule has 0 aliphatic rings. The molecule has 0 heterocycles. The van der Waals surface area contributed by atoms with Crippen molar-refractivity contribution in [3.05, 3.63) is 95.0 Å². The molecule has 0 saturated carbocycles. The van der Waals surface area contributed by atoms with Crippen molar-refractivity contribution >= 4 is 43.5 Å². The molecule has 39 heavy (non-hydrogen) atoms. The zero-order chi connectivity index (χ0) is 28.4. The number of sulfonamides is 1. The number of carbonyl (C=O) groups is 2. The Kier molecular flexibility index (Phi) is 11.1. The first kappa shape index (κ1) is 30.4. The van der Waals surface area contributed by atoms with E-state index in [1.165, 1.54) is 17.0 Å². The normalized spacial score (nSPS) is 12.8. The summed E-state index contributed by atoms with van der Waals surface area (Å²) in [6.07, 6.45) is 1.68. The average molecular weight is 615 g/mol. The van der Waals surface area contributed by atoms with Gasteiger partial charge >= 0.3 is 0 Å². The van der Waals surface area contributed by atoms with Crippen LogP contribution in [0.25, 0.3) is 0 Å². The van der Waals surface area contributed by atoms with Gasteiger partial charge in [-0.3, -0.25) is 13.9 Å². The van der Waals surface area contributed by atoms with E-state index in [9.17, 15) is 18.0 Å². The van der Waals surface area contributed by atoms with Gasteiger partial charge in [-0.15, -0.1) is 0 Å². The number of hydrogen-bond acceptors (Lipinski definition) is 4. The SMILES string of the molecule is CC[C@@H](C)NC(=O)[C@@H](CC)N(CCc1ccccc1)C(=O)CN(c1ccc(Br)cc1)S(=O)(=O)c1ccccc1. The molecule has 0 aliphatic carbocycles. The van der Waals surface area contributed by atoms with Gasteiger partial charge < -0.3 is 10.2 Å². The third kappa shape index (κ3) is 8.16. The second-order valence-electron chi connectivity index (χ2n) is 9.37. The van der Waals surface area contributed by atoms with Crippen LogP contribution >= 0.6 is 15.9 Å². The molecule has 0 aliphatic heterocycles. The maximum absolute atomic E-state index is 14.0. The number of nitrogens with one attached hydrogen (secondary N) is 1. The Morgan fingerprint density at radius 2 is 1.46 bits per heavy atom. The molecule has 0 bridgehead atoms. The van der Waals surface area contributed by atoms with Crippen molar-refractivity contribution in [2.24, 2.45) is 0 Å². The Morgan fingerprint density at radius 1 is 0.872 bits per heavy atom. The topological polar surface area (TPSA) is 86.8 Å². The third-order valence-corrected chi connectivity index (χ3v) is 8.91. The molecule has 0 fully saturated rings. The smallest absolute Gasteiger partial charge is 0.264 e. The molecule has 2 amide bonds. The van der Waals surface area contributed by atoms with Crippen LogP contribution in [0.2, 0.25) is 0 Å². The quantitative estimate of drug-likeness (QED) is 0.279. The van der Waals surface area contributed by atoms with E-state index in [2.05, 4.69) is 21.2 Å². The minimum absolute atomic E-state index is 0.0460. The number of anilines is 1. The maximum atomic E-state index is 14.0. The van der Waals surface area contributed by atoms with E-state index in [0.717, 1.165) is 20.8 Å². The second kappa shape index (κ2) is 14.3. The van der Waals surface area contributed by atoms with Crippen LogP contribution in [0.4, 0.5) is 5.69 Å². The second-order valence-corrected chi connectivity index (χ2v) is 12.1. The van der Waals surface area contributed by atoms with E-state index in [0.29, 0.717) is 18.5 Å². The molecular formula is C30H36BrN3O4S. The highest BCUT2D eigenvalue weighted by molar-refractivity contribution is 9.10. The van der Waals surface area contributed by atoms with Gasteiger partial charge in [-0.05, 0) is 68.1 Å². The number of halogens is 1. The minimum Gasteiger partial charge on any atom is -0.352 e. The summed E-state index contributed by atoms with van der Waals surface area (Å²) in [6, 6.07) is 23.7. The van der Waals surface area contributed by atoms with Crippen molar-refractivity contribution in [2.45, 2.75) is 57.0 Å². The Balaban J connectivity index is 1.99. The molecule has 208 valence electrons. The maximum Gasteiger partial charge on any atom is 0.264 e. The Hall–Kier alpha value is -3.17. The largest absolute Gasteiger partial charge is 0.352 e. The first-order valence-electron chi connectivity index (χ1n) is 13.1. The highest BCUT2D eigenvalue weighted by Crippen LogP contribution is 2.26. The lowest BCUT2D eigenvalue weighted by atomic mass is 10.1. The number of carbonyl (C=O) groups excluding carboxylic acids is 2. The van der Waals surface area contributed by atoms with Gasteiger partial charge in [0.1, 0.15) is 12.6 Å². The predicted molar refractivity (Wildman–Crippen MR) is 159 cm³/mol. The minimum atomic E-state index is -4.07. The summed E-state index contributed by atoms with van der Waals surface area (Å²) in [5.74, 6) is -0.686. The molecule has 0 spiro atoms. The molecular weight excluding hydrogens is 578 g/mol. The number of amides is 2. The van der Waals surface area contributed by atoms with Crippen LogP contribution in [0.1, 0.15) is 39.2 Å². The summed E-state index contributed by atoms with van der Waals surface area (Å²) in [7, 11) is -4.07. The summed E-state index contributed by atoms with van der Waals surface area (Å²) in [6.45, 7) is 5.59. The molecule has 0 radical (unpaired) electrons. The van der Waals surface area contributed by atoms with Gasteiger partial charge in [0.2, 0.25) is 11.8 Å². The summed E-state index contributed by atoms with van der Waals surface area (Å²) in [5.41, 5.74) is 1.38. The molecule has 3 rings (SSSR count). The molecule has 9 heteroatoms. The van der Waals surface area contributed by atoms with Crippen LogP contribution in [-0.2, 0) is 26.0 Å². The third-order valence-electron chi connectivity index (χ3n) is 6.60. The van der Waals surface area contributed by atoms with Gasteiger partial charge in [-0.2, -0.15) is 0 Å². The van der Waals surface area contributed by atoms with E-state index in [1.54, 1.807) is 42.5 Å². The van der Waals surface area contributed by atoms with Gasteiger partial charge in [0.15, 0.2) is 0 Å². The predicted octanol–water partition coefficient (Wildman–Crippen LogP) is 5.41. The zero-order valence-corrected chi connectivity index (χ0v) is 25.0. The van der Waals surface area contributed by atoms with Crippen molar-refractivity contribution in [1.29, 1.82) is 0 Å². The lowest BCUT2D eigenvalue weighted by Crippen LogP contribution is -2.54. The Labute approximate surface area is 240 Å². The van der Waals surface area contributed by atoms with E-state index >= 15 is 0 Å². The fourth-order valence-electron chi connectivity index (χ4n) is 4.19. The molecule has 3 aromatic rings. The monoisotopic (exact) mass is 613 g/mol. The van der Waals surface area contributed by atoms with E-state index < -0.39 is 28.5 Å². The highest BCUT2D eigenvalue weighted by Gasteiger charge is 2.33. The van der Waals surface area contributed by atoms with Crippen LogP contribution in [0.3, 0.4) is 0 Å². The average Bonchev–Trinajstić information content (AvgIpc) is 2.95. The van der Waals surface area contributed by atoms with Crippen LogP contribution in [0.15, 0.2) is 94.3 Å². The lowest BCUT2D eigenvalue weighted by Gasteiger charge is -2.33. The Morgan fingerprint density at radius 3 is 2.03 bits per heavy atom. The van der Waals surface area contributed by atoms with Crippen LogP contribution in [0, 0.1) is 0 Å². The standard InChI is InChI=1S/C30H36BrN3O4S/c1-4-23(3)32-30(36)28(5-2)33(21-20-24-12-8-6-9-13-24)29(35)22-34(26-18-16-25(31)17-19-26)39(37,38)27-14-10-7-11-15-27/h6-19,23,28H,4-5,20-22H2,1-3H3,(H,32,36)/t23-,28-/m1/s1. The molecule has 1 N–H and O–H groups in total. The van der Waals surface area contributed by atoms with Crippen LogP contribution in [-0.4, -0.2) is 50.3 Å². The lowest BCUT2D eigenvalue weighted by molar-refractivity contribution is -0.139. The number of hydrogen-bond donors (Lipinski definition) is 1. The summed E-state index contributed by atoms with van der Waals surface area (Å²) >= 11 is 3.39. The molecule has 3 aromatic carbocycles. The van der Waals surface area contributed by atoms with Crippen molar-refractivity contribution in [1.82, 2.24) is 10.2 Å². The summed E-state index contributed by atoms with van der Waals surface area (Å²) < 4.78 is 29.5. The molecule has 2 atom stereocenters. The number of benzene rings is 3. The van der Waals surface area contributed by atoms with E-state index in [4.69, 9.17) is 0 Å². The Bertz CT molecular complexity index is 1320. The van der Waals surface area contributed by atoms with Gasteiger partial charge in [0.05, 0.1) is 10.6 Å². The van der Waals surface area contributed by atoms with Gasteiger partial charge in [-0.1, -0.05) is 78.3 Å².